The van der Waals surface area contributed by atoms with Gasteiger partial charge in [0.1, 0.15) is 18.4 Å². The van der Waals surface area contributed by atoms with Crippen molar-refractivity contribution in [1.29, 1.82) is 0 Å². The number of hydrogen-bond acceptors (Lipinski definition) is 5. The molecule has 3 rings (SSSR count). The van der Waals surface area contributed by atoms with E-state index in [0.717, 1.165) is 31.5 Å². The number of hydrogen-bond donors (Lipinski definition) is 1. The van der Waals surface area contributed by atoms with Crippen molar-refractivity contribution in [2.75, 3.05) is 32.5 Å². The van der Waals surface area contributed by atoms with Crippen molar-refractivity contribution < 1.29 is 17.9 Å². The van der Waals surface area contributed by atoms with Gasteiger partial charge >= 0.3 is 0 Å². The molecule has 0 spiro atoms. The monoisotopic (exact) mass is 402 g/mol. The van der Waals surface area contributed by atoms with Crippen LogP contribution in [0.5, 0.6) is 5.75 Å². The fourth-order valence-corrected chi connectivity index (χ4v) is 4.02. The first-order chi connectivity index (χ1) is 13.4. The number of benzene rings is 2. The number of nitrogens with zero attached hydrogens (tertiary/aromatic N) is 1. The van der Waals surface area contributed by atoms with Crippen molar-refractivity contribution in [3.05, 3.63) is 60.2 Å². The molecule has 2 aromatic rings. The summed E-state index contributed by atoms with van der Waals surface area (Å²) >= 11 is 0. The Kier molecular flexibility index (Phi) is 6.70. The lowest BCUT2D eigenvalue weighted by Gasteiger charge is -2.27. The number of amides is 1. The van der Waals surface area contributed by atoms with Crippen LogP contribution in [0.15, 0.2) is 59.5 Å². The van der Waals surface area contributed by atoms with Crippen LogP contribution in [0.1, 0.15) is 24.4 Å². The predicted octanol–water partition coefficient (Wildman–Crippen LogP) is 2.42. The standard InChI is InChI=1S/C21H26N2O4S/c1-28(25,26)19-11-9-18(10-12-19)27-16-13-22-21(24)20(23-14-5-6-15-23)17-7-3-2-4-8-17/h2-4,7-12,20H,5-6,13-16H2,1H3,(H,22,24). The van der Waals surface area contributed by atoms with E-state index in [9.17, 15) is 13.2 Å². The number of carbonyl (C=O) groups excluding carboxylic acids is 1. The first-order valence-electron chi connectivity index (χ1n) is 9.45. The fourth-order valence-electron chi connectivity index (χ4n) is 3.39. The fraction of sp³-hybridized carbons (Fsp3) is 0.381. The minimum Gasteiger partial charge on any atom is -0.492 e. The molecule has 0 bridgehead atoms. The Hall–Kier alpha value is -2.38. The van der Waals surface area contributed by atoms with Crippen LogP contribution in [0, 0.1) is 0 Å². The van der Waals surface area contributed by atoms with E-state index in [4.69, 9.17) is 4.74 Å². The Bertz CT molecular complexity index is 876. The summed E-state index contributed by atoms with van der Waals surface area (Å²) in [6.45, 7) is 2.54. The third-order valence-electron chi connectivity index (χ3n) is 4.79. The Morgan fingerprint density at radius 3 is 2.32 bits per heavy atom. The topological polar surface area (TPSA) is 75.7 Å². The molecule has 0 aromatic heterocycles. The number of nitrogens with one attached hydrogen (secondary N) is 1. The number of carbonyl (C=O) groups is 1. The van der Waals surface area contributed by atoms with Crippen molar-refractivity contribution in [2.45, 2.75) is 23.8 Å². The quantitative estimate of drug-likeness (QED) is 0.687. The smallest absolute Gasteiger partial charge is 0.242 e. The Labute approximate surface area is 166 Å². The van der Waals surface area contributed by atoms with Crippen LogP contribution in [0.4, 0.5) is 0 Å². The highest BCUT2D eigenvalue weighted by atomic mass is 32.2. The second-order valence-electron chi connectivity index (χ2n) is 6.94. The maximum absolute atomic E-state index is 12.8. The molecule has 1 N–H and O–H groups in total. The van der Waals surface area contributed by atoms with E-state index in [1.54, 1.807) is 12.1 Å². The third kappa shape index (κ3) is 5.33. The molecule has 1 saturated heterocycles. The second-order valence-corrected chi connectivity index (χ2v) is 8.96. The van der Waals surface area contributed by atoms with Gasteiger partial charge in [0.05, 0.1) is 11.4 Å². The SMILES string of the molecule is CS(=O)(=O)c1ccc(OCCNC(=O)C(c2ccccc2)N2CCCC2)cc1. The zero-order valence-corrected chi connectivity index (χ0v) is 16.8. The van der Waals surface area contributed by atoms with Gasteiger partial charge in [0, 0.05) is 6.26 Å². The molecule has 1 amide bonds. The summed E-state index contributed by atoms with van der Waals surface area (Å²) in [6.07, 6.45) is 3.40. The van der Waals surface area contributed by atoms with Crippen molar-refractivity contribution in [3.8, 4) is 5.75 Å². The highest BCUT2D eigenvalue weighted by Crippen LogP contribution is 2.25. The van der Waals surface area contributed by atoms with E-state index < -0.39 is 9.84 Å². The van der Waals surface area contributed by atoms with Gasteiger partial charge in [-0.1, -0.05) is 30.3 Å². The molecule has 0 saturated carbocycles. The molecule has 0 radical (unpaired) electrons. The largest absolute Gasteiger partial charge is 0.492 e. The second kappa shape index (κ2) is 9.21. The van der Waals surface area contributed by atoms with Crippen LogP contribution < -0.4 is 10.1 Å². The van der Waals surface area contributed by atoms with Crippen molar-refractivity contribution in [2.24, 2.45) is 0 Å². The molecule has 1 atom stereocenters. The summed E-state index contributed by atoms with van der Waals surface area (Å²) < 4.78 is 28.6. The molecular formula is C21H26N2O4S. The summed E-state index contributed by atoms with van der Waals surface area (Å²) in [5, 5.41) is 2.96. The summed E-state index contributed by atoms with van der Waals surface area (Å²) in [5.41, 5.74) is 0.999. The molecule has 7 heteroatoms. The lowest BCUT2D eigenvalue weighted by molar-refractivity contribution is -0.126. The summed E-state index contributed by atoms with van der Waals surface area (Å²) in [7, 11) is -3.22. The van der Waals surface area contributed by atoms with E-state index in [1.807, 2.05) is 30.3 Å². The highest BCUT2D eigenvalue weighted by Gasteiger charge is 2.29. The maximum Gasteiger partial charge on any atom is 0.242 e. The van der Waals surface area contributed by atoms with Crippen LogP contribution in [0.2, 0.25) is 0 Å². The van der Waals surface area contributed by atoms with Crippen molar-refractivity contribution in [3.63, 3.8) is 0 Å². The van der Waals surface area contributed by atoms with Gasteiger partial charge in [-0.15, -0.1) is 0 Å². The molecule has 1 aliphatic heterocycles. The van der Waals surface area contributed by atoms with E-state index in [-0.39, 0.29) is 16.8 Å². The Balaban J connectivity index is 1.53. The highest BCUT2D eigenvalue weighted by molar-refractivity contribution is 7.90. The average molecular weight is 403 g/mol. The van der Waals surface area contributed by atoms with Gasteiger partial charge in [0.25, 0.3) is 0 Å². The lowest BCUT2D eigenvalue weighted by Crippen LogP contribution is -2.40. The molecule has 150 valence electrons. The molecule has 1 fully saturated rings. The Morgan fingerprint density at radius 1 is 1.07 bits per heavy atom. The minimum absolute atomic E-state index is 0.0240. The van der Waals surface area contributed by atoms with E-state index in [1.165, 1.54) is 18.4 Å². The number of rotatable bonds is 8. The average Bonchev–Trinajstić information content (AvgIpc) is 3.20. The molecule has 1 unspecified atom stereocenters. The van der Waals surface area contributed by atoms with Crippen LogP contribution in [-0.4, -0.2) is 51.7 Å². The van der Waals surface area contributed by atoms with Crippen molar-refractivity contribution >= 4 is 15.7 Å². The molecule has 0 aliphatic carbocycles. The summed E-state index contributed by atoms with van der Waals surface area (Å²) in [5.74, 6) is 0.546. The minimum atomic E-state index is -3.22. The number of likely N-dealkylation sites (tertiary alicyclic amines) is 1. The van der Waals surface area contributed by atoms with Crippen LogP contribution in [0.3, 0.4) is 0 Å². The number of ether oxygens (including phenoxy) is 1. The van der Waals surface area contributed by atoms with Gasteiger partial charge in [-0.2, -0.15) is 0 Å². The molecule has 1 heterocycles. The predicted molar refractivity (Wildman–Crippen MR) is 108 cm³/mol. The normalized spacial score (nSPS) is 15.9. The van der Waals surface area contributed by atoms with E-state index in [0.29, 0.717) is 18.9 Å². The van der Waals surface area contributed by atoms with Gasteiger partial charge in [0.2, 0.25) is 5.91 Å². The zero-order chi connectivity index (χ0) is 20.0. The third-order valence-corrected chi connectivity index (χ3v) is 5.92. The molecular weight excluding hydrogens is 376 g/mol. The van der Waals surface area contributed by atoms with E-state index in [2.05, 4.69) is 10.2 Å². The molecule has 2 aromatic carbocycles. The summed E-state index contributed by atoms with van der Waals surface area (Å²) in [4.78, 5) is 15.3. The van der Waals surface area contributed by atoms with E-state index >= 15 is 0 Å². The van der Waals surface area contributed by atoms with Crippen molar-refractivity contribution in [1.82, 2.24) is 10.2 Å². The van der Waals surface area contributed by atoms with Crippen LogP contribution in [0.25, 0.3) is 0 Å². The lowest BCUT2D eigenvalue weighted by atomic mass is 10.0. The number of sulfone groups is 1. The Morgan fingerprint density at radius 2 is 1.71 bits per heavy atom. The zero-order valence-electron chi connectivity index (χ0n) is 16.0. The van der Waals surface area contributed by atoms with Gasteiger partial charge in [-0.25, -0.2) is 8.42 Å². The molecule has 28 heavy (non-hydrogen) atoms. The molecule has 1 aliphatic rings. The van der Waals surface area contributed by atoms with Gasteiger partial charge in [-0.3, -0.25) is 9.69 Å². The van der Waals surface area contributed by atoms with Crippen LogP contribution in [-0.2, 0) is 14.6 Å². The maximum atomic E-state index is 12.8. The first kappa shape index (κ1) is 20.4. The van der Waals surface area contributed by atoms with Gasteiger partial charge in [0.15, 0.2) is 9.84 Å². The van der Waals surface area contributed by atoms with Crippen LogP contribution >= 0.6 is 0 Å². The summed E-state index contributed by atoms with van der Waals surface area (Å²) in [6, 6.07) is 15.8. The van der Waals surface area contributed by atoms with Gasteiger partial charge in [-0.05, 0) is 55.8 Å². The van der Waals surface area contributed by atoms with Gasteiger partial charge < -0.3 is 10.1 Å². The first-order valence-corrected chi connectivity index (χ1v) is 11.3. The molecule has 6 nitrogen and oxygen atoms in total.